The van der Waals surface area contributed by atoms with Gasteiger partial charge >= 0.3 is 0 Å². The molecular formula is C22H25NO4. The Morgan fingerprint density at radius 3 is 2.67 bits per heavy atom. The molecule has 2 aromatic carbocycles. The molecule has 0 spiro atoms. The predicted octanol–water partition coefficient (Wildman–Crippen LogP) is 3.42. The van der Waals surface area contributed by atoms with Crippen molar-refractivity contribution in [3.05, 3.63) is 59.7 Å². The molecule has 2 aromatic rings. The highest BCUT2D eigenvalue weighted by atomic mass is 16.5. The molecule has 0 fully saturated rings. The molecule has 0 aromatic heterocycles. The predicted molar refractivity (Wildman–Crippen MR) is 103 cm³/mol. The van der Waals surface area contributed by atoms with Gasteiger partial charge in [-0.15, -0.1) is 0 Å². The molecular weight excluding hydrogens is 342 g/mol. The molecule has 0 saturated carbocycles. The zero-order valence-electron chi connectivity index (χ0n) is 15.6. The van der Waals surface area contributed by atoms with Crippen molar-refractivity contribution < 1.29 is 19.1 Å². The molecule has 27 heavy (non-hydrogen) atoms. The quantitative estimate of drug-likeness (QED) is 0.762. The molecule has 0 bridgehead atoms. The van der Waals surface area contributed by atoms with Crippen LogP contribution in [0.2, 0.25) is 0 Å². The number of ketones is 1. The van der Waals surface area contributed by atoms with E-state index in [1.807, 2.05) is 18.2 Å². The van der Waals surface area contributed by atoms with Gasteiger partial charge in [0.05, 0.1) is 13.7 Å². The van der Waals surface area contributed by atoms with E-state index in [9.17, 15) is 9.59 Å². The van der Waals surface area contributed by atoms with Crippen molar-refractivity contribution in [3.8, 4) is 11.5 Å². The van der Waals surface area contributed by atoms with Crippen molar-refractivity contribution in [1.82, 2.24) is 5.32 Å². The van der Waals surface area contributed by atoms with E-state index in [0.717, 1.165) is 18.6 Å². The first-order valence-electron chi connectivity index (χ1n) is 9.30. The van der Waals surface area contributed by atoms with Crippen molar-refractivity contribution >= 4 is 11.7 Å². The van der Waals surface area contributed by atoms with E-state index in [4.69, 9.17) is 9.47 Å². The van der Waals surface area contributed by atoms with Crippen molar-refractivity contribution in [2.24, 2.45) is 5.92 Å². The zero-order valence-corrected chi connectivity index (χ0v) is 15.6. The largest absolute Gasteiger partial charge is 0.497 e. The lowest BCUT2D eigenvalue weighted by molar-refractivity contribution is -0.121. The molecule has 0 radical (unpaired) electrons. The molecule has 5 nitrogen and oxygen atoms in total. The van der Waals surface area contributed by atoms with Crippen LogP contribution in [0.5, 0.6) is 11.5 Å². The number of fused-ring (bicyclic) bond motifs is 1. The molecule has 1 atom stereocenters. The van der Waals surface area contributed by atoms with Crippen molar-refractivity contribution in [2.75, 3.05) is 20.3 Å². The van der Waals surface area contributed by atoms with Crippen LogP contribution in [-0.2, 0) is 11.2 Å². The number of methoxy groups -OCH3 is 1. The normalized spacial score (nSPS) is 15.8. The lowest BCUT2D eigenvalue weighted by atomic mass is 9.97. The Kier molecular flexibility index (Phi) is 6.47. The highest BCUT2D eigenvalue weighted by Crippen LogP contribution is 2.26. The maximum atomic E-state index is 12.2. The summed E-state index contributed by atoms with van der Waals surface area (Å²) >= 11 is 0. The Morgan fingerprint density at radius 2 is 1.89 bits per heavy atom. The number of carbonyl (C=O) groups excluding carboxylic acids is 2. The molecule has 0 aliphatic carbocycles. The Morgan fingerprint density at radius 1 is 1.11 bits per heavy atom. The fourth-order valence-corrected chi connectivity index (χ4v) is 3.23. The fraction of sp³-hybridized carbons (Fsp3) is 0.364. The van der Waals surface area contributed by atoms with Gasteiger partial charge < -0.3 is 14.8 Å². The third-order valence-corrected chi connectivity index (χ3v) is 4.84. The molecule has 1 amide bonds. The van der Waals surface area contributed by atoms with Gasteiger partial charge in [-0.05, 0) is 54.7 Å². The summed E-state index contributed by atoms with van der Waals surface area (Å²) in [5.41, 5.74) is 1.78. The second-order valence-electron chi connectivity index (χ2n) is 6.77. The number of para-hydroxylation sites is 1. The van der Waals surface area contributed by atoms with Crippen LogP contribution in [0.4, 0.5) is 0 Å². The van der Waals surface area contributed by atoms with Gasteiger partial charge in [-0.25, -0.2) is 0 Å². The minimum absolute atomic E-state index is 0.0374. The van der Waals surface area contributed by atoms with Gasteiger partial charge in [0.15, 0.2) is 5.78 Å². The highest BCUT2D eigenvalue weighted by molar-refractivity contribution is 5.98. The van der Waals surface area contributed by atoms with Gasteiger partial charge in [0, 0.05) is 24.9 Å². The van der Waals surface area contributed by atoms with E-state index >= 15 is 0 Å². The average Bonchev–Trinajstić information content (AvgIpc) is 2.92. The summed E-state index contributed by atoms with van der Waals surface area (Å²) < 4.78 is 10.8. The van der Waals surface area contributed by atoms with Crippen LogP contribution in [0.15, 0.2) is 48.5 Å². The SMILES string of the molecule is COc1ccc(C(=O)CCC(=O)NC[C@@H]2CCOc3ccccc3C2)cc1. The minimum Gasteiger partial charge on any atom is -0.497 e. The number of amides is 1. The first-order valence-corrected chi connectivity index (χ1v) is 9.30. The monoisotopic (exact) mass is 367 g/mol. The molecule has 3 rings (SSSR count). The number of hydrogen-bond acceptors (Lipinski definition) is 4. The van der Waals surface area contributed by atoms with Gasteiger partial charge in [0.25, 0.3) is 0 Å². The fourth-order valence-electron chi connectivity index (χ4n) is 3.23. The highest BCUT2D eigenvalue weighted by Gasteiger charge is 2.18. The first-order chi connectivity index (χ1) is 13.2. The molecule has 1 N–H and O–H groups in total. The van der Waals surface area contributed by atoms with Gasteiger partial charge in [0.2, 0.25) is 5.91 Å². The third kappa shape index (κ3) is 5.33. The standard InChI is InChI=1S/C22H25NO4/c1-26-19-8-6-17(7-9-19)20(24)10-11-22(25)23-15-16-12-13-27-21-5-3-2-4-18(21)14-16/h2-9,16H,10-15H2,1H3,(H,23,25)/t16-/m1/s1. The topological polar surface area (TPSA) is 64.6 Å². The number of nitrogens with one attached hydrogen (secondary N) is 1. The van der Waals surface area contributed by atoms with E-state index in [1.165, 1.54) is 5.56 Å². The van der Waals surface area contributed by atoms with E-state index in [0.29, 0.717) is 30.4 Å². The van der Waals surface area contributed by atoms with E-state index in [1.54, 1.807) is 31.4 Å². The Balaban J connectivity index is 1.43. The van der Waals surface area contributed by atoms with Crippen LogP contribution in [0.1, 0.15) is 35.2 Å². The molecule has 0 unspecified atom stereocenters. The summed E-state index contributed by atoms with van der Waals surface area (Å²) in [6.45, 7) is 1.26. The summed E-state index contributed by atoms with van der Waals surface area (Å²) in [7, 11) is 1.58. The van der Waals surface area contributed by atoms with Crippen LogP contribution < -0.4 is 14.8 Å². The van der Waals surface area contributed by atoms with Crippen LogP contribution in [-0.4, -0.2) is 32.0 Å². The van der Waals surface area contributed by atoms with E-state index in [-0.39, 0.29) is 24.5 Å². The van der Waals surface area contributed by atoms with E-state index in [2.05, 4.69) is 11.4 Å². The number of benzene rings is 2. The van der Waals surface area contributed by atoms with Crippen LogP contribution in [0.25, 0.3) is 0 Å². The second-order valence-corrected chi connectivity index (χ2v) is 6.77. The lowest BCUT2D eigenvalue weighted by Crippen LogP contribution is -2.30. The Bertz CT molecular complexity index is 785. The molecule has 5 heteroatoms. The number of rotatable bonds is 7. The number of hydrogen-bond donors (Lipinski definition) is 1. The zero-order chi connectivity index (χ0) is 19.1. The number of Topliss-reactive ketones (excluding diaryl/α,β-unsaturated/α-hetero) is 1. The van der Waals surface area contributed by atoms with Crippen molar-refractivity contribution in [2.45, 2.75) is 25.7 Å². The summed E-state index contributed by atoms with van der Waals surface area (Å²) in [6, 6.07) is 15.0. The third-order valence-electron chi connectivity index (χ3n) is 4.84. The lowest BCUT2D eigenvalue weighted by Gasteiger charge is -2.14. The van der Waals surface area contributed by atoms with Gasteiger partial charge in [-0.1, -0.05) is 18.2 Å². The average molecular weight is 367 g/mol. The van der Waals surface area contributed by atoms with Gasteiger partial charge in [-0.2, -0.15) is 0 Å². The van der Waals surface area contributed by atoms with Crippen LogP contribution >= 0.6 is 0 Å². The van der Waals surface area contributed by atoms with Crippen molar-refractivity contribution in [1.29, 1.82) is 0 Å². The first kappa shape index (κ1) is 19.0. The molecule has 1 heterocycles. The number of carbonyl (C=O) groups is 2. The molecule has 1 aliphatic rings. The molecule has 142 valence electrons. The summed E-state index contributed by atoms with van der Waals surface area (Å²) in [4.78, 5) is 24.3. The summed E-state index contributed by atoms with van der Waals surface area (Å²) in [6.07, 6.45) is 2.19. The Hall–Kier alpha value is -2.82. The van der Waals surface area contributed by atoms with E-state index < -0.39 is 0 Å². The van der Waals surface area contributed by atoms with Crippen LogP contribution in [0.3, 0.4) is 0 Å². The minimum atomic E-state index is -0.0877. The van der Waals surface area contributed by atoms with Crippen molar-refractivity contribution in [3.63, 3.8) is 0 Å². The smallest absolute Gasteiger partial charge is 0.220 e. The maximum absolute atomic E-state index is 12.2. The second kappa shape index (κ2) is 9.21. The molecule has 1 aliphatic heterocycles. The summed E-state index contributed by atoms with van der Waals surface area (Å²) in [5.74, 6) is 1.87. The van der Waals surface area contributed by atoms with Gasteiger partial charge in [0.1, 0.15) is 11.5 Å². The maximum Gasteiger partial charge on any atom is 0.220 e. The number of ether oxygens (including phenoxy) is 2. The van der Waals surface area contributed by atoms with Crippen LogP contribution in [0, 0.1) is 5.92 Å². The molecule has 0 saturated heterocycles. The summed E-state index contributed by atoms with van der Waals surface area (Å²) in [5, 5.41) is 2.97. The Labute approximate surface area is 159 Å². The van der Waals surface area contributed by atoms with Gasteiger partial charge in [-0.3, -0.25) is 9.59 Å².